The van der Waals surface area contributed by atoms with Gasteiger partial charge in [-0.25, -0.2) is 0 Å². The first-order valence-electron chi connectivity index (χ1n) is 7.28. The molecule has 2 aliphatic carbocycles. The van der Waals surface area contributed by atoms with Gasteiger partial charge in [-0.1, -0.05) is 36.6 Å². The highest BCUT2D eigenvalue weighted by Gasteiger charge is 2.36. The zero-order chi connectivity index (χ0) is 12.5. The molecule has 0 saturated heterocycles. The minimum atomic E-state index is 0.666. The second-order valence-electron chi connectivity index (χ2n) is 5.91. The van der Waals surface area contributed by atoms with Crippen molar-refractivity contribution in [3.8, 4) is 0 Å². The summed E-state index contributed by atoms with van der Waals surface area (Å²) in [5, 5.41) is 0.964. The predicted octanol–water partition coefficient (Wildman–Crippen LogP) is 4.13. The van der Waals surface area contributed by atoms with Crippen LogP contribution in [0.15, 0.2) is 18.2 Å². The third-order valence-electron chi connectivity index (χ3n) is 5.00. The molecule has 2 unspecified atom stereocenters. The summed E-state index contributed by atoms with van der Waals surface area (Å²) in [4.78, 5) is 0. The van der Waals surface area contributed by atoms with Crippen LogP contribution in [0.3, 0.4) is 0 Å². The number of hydrogen-bond acceptors (Lipinski definition) is 1. The SMILES string of the molecule is NCC1CCc2c(Cl)cccc2C1C1CCCC1. The highest BCUT2D eigenvalue weighted by molar-refractivity contribution is 6.31. The van der Waals surface area contributed by atoms with Crippen LogP contribution < -0.4 is 5.73 Å². The Labute approximate surface area is 115 Å². The Morgan fingerprint density at radius 3 is 2.67 bits per heavy atom. The molecule has 3 rings (SSSR count). The van der Waals surface area contributed by atoms with Gasteiger partial charge in [0.1, 0.15) is 0 Å². The van der Waals surface area contributed by atoms with Crippen LogP contribution in [0.4, 0.5) is 0 Å². The molecule has 2 heteroatoms. The van der Waals surface area contributed by atoms with Gasteiger partial charge >= 0.3 is 0 Å². The van der Waals surface area contributed by atoms with Crippen LogP contribution >= 0.6 is 11.6 Å². The van der Waals surface area contributed by atoms with Crippen LogP contribution in [0.25, 0.3) is 0 Å². The molecule has 98 valence electrons. The lowest BCUT2D eigenvalue weighted by Crippen LogP contribution is -2.31. The van der Waals surface area contributed by atoms with Crippen molar-refractivity contribution in [1.82, 2.24) is 0 Å². The number of rotatable bonds is 2. The van der Waals surface area contributed by atoms with E-state index in [1.54, 1.807) is 0 Å². The summed E-state index contributed by atoms with van der Waals surface area (Å²) in [5.74, 6) is 2.18. The van der Waals surface area contributed by atoms with Crippen molar-refractivity contribution >= 4 is 11.6 Å². The Balaban J connectivity index is 2.00. The van der Waals surface area contributed by atoms with Gasteiger partial charge in [0.15, 0.2) is 0 Å². The predicted molar refractivity (Wildman–Crippen MR) is 77.0 cm³/mol. The van der Waals surface area contributed by atoms with Gasteiger partial charge in [0.2, 0.25) is 0 Å². The van der Waals surface area contributed by atoms with Gasteiger partial charge in [-0.05, 0) is 67.2 Å². The van der Waals surface area contributed by atoms with E-state index in [-0.39, 0.29) is 0 Å². The number of hydrogen-bond donors (Lipinski definition) is 1. The fraction of sp³-hybridized carbons (Fsp3) is 0.625. The summed E-state index contributed by atoms with van der Waals surface area (Å²) in [5.41, 5.74) is 8.94. The summed E-state index contributed by atoms with van der Waals surface area (Å²) >= 11 is 6.37. The fourth-order valence-electron chi connectivity index (χ4n) is 4.13. The summed E-state index contributed by atoms with van der Waals surface area (Å²) < 4.78 is 0. The van der Waals surface area contributed by atoms with Crippen molar-refractivity contribution < 1.29 is 0 Å². The molecule has 2 aliphatic rings. The summed E-state index contributed by atoms with van der Waals surface area (Å²) in [6.45, 7) is 0.827. The van der Waals surface area contributed by atoms with E-state index in [1.165, 1.54) is 43.2 Å². The van der Waals surface area contributed by atoms with Crippen molar-refractivity contribution in [2.45, 2.75) is 44.4 Å². The van der Waals surface area contributed by atoms with E-state index in [2.05, 4.69) is 12.1 Å². The lowest BCUT2D eigenvalue weighted by atomic mass is 9.68. The molecule has 0 aromatic heterocycles. The Morgan fingerprint density at radius 1 is 1.17 bits per heavy atom. The summed E-state index contributed by atoms with van der Waals surface area (Å²) in [6, 6.07) is 6.45. The molecule has 0 bridgehead atoms. The summed E-state index contributed by atoms with van der Waals surface area (Å²) in [7, 11) is 0. The van der Waals surface area contributed by atoms with Gasteiger partial charge in [-0.2, -0.15) is 0 Å². The zero-order valence-corrected chi connectivity index (χ0v) is 11.6. The zero-order valence-electron chi connectivity index (χ0n) is 10.9. The standard InChI is InChI=1S/C16H22ClN/c17-15-7-3-6-14-13(15)9-8-12(10-18)16(14)11-4-1-2-5-11/h3,6-7,11-12,16H,1-2,4-5,8-10,18H2. The molecule has 0 radical (unpaired) electrons. The van der Waals surface area contributed by atoms with Crippen LogP contribution in [-0.2, 0) is 6.42 Å². The highest BCUT2D eigenvalue weighted by Crippen LogP contribution is 2.47. The van der Waals surface area contributed by atoms with E-state index in [0.29, 0.717) is 11.8 Å². The molecule has 0 aliphatic heterocycles. The normalized spacial score (nSPS) is 28.3. The largest absolute Gasteiger partial charge is 0.330 e. The van der Waals surface area contributed by atoms with Crippen LogP contribution in [0, 0.1) is 11.8 Å². The molecule has 1 nitrogen and oxygen atoms in total. The molecule has 2 atom stereocenters. The third-order valence-corrected chi connectivity index (χ3v) is 5.35. The van der Waals surface area contributed by atoms with Crippen LogP contribution in [-0.4, -0.2) is 6.54 Å². The first-order chi connectivity index (χ1) is 8.81. The van der Waals surface area contributed by atoms with Crippen molar-refractivity contribution in [2.75, 3.05) is 6.54 Å². The molecular formula is C16H22ClN. The van der Waals surface area contributed by atoms with E-state index in [9.17, 15) is 0 Å². The van der Waals surface area contributed by atoms with E-state index in [0.717, 1.165) is 23.9 Å². The second kappa shape index (κ2) is 5.22. The van der Waals surface area contributed by atoms with Gasteiger partial charge in [0, 0.05) is 5.02 Å². The Kier molecular flexibility index (Phi) is 3.63. The van der Waals surface area contributed by atoms with Crippen molar-refractivity contribution in [3.05, 3.63) is 34.3 Å². The Morgan fingerprint density at radius 2 is 1.94 bits per heavy atom. The highest BCUT2D eigenvalue weighted by atomic mass is 35.5. The monoisotopic (exact) mass is 263 g/mol. The number of nitrogens with two attached hydrogens (primary N) is 1. The first kappa shape index (κ1) is 12.5. The molecular weight excluding hydrogens is 242 g/mol. The minimum absolute atomic E-state index is 0.666. The average molecular weight is 264 g/mol. The van der Waals surface area contributed by atoms with Gasteiger partial charge < -0.3 is 5.73 Å². The number of halogens is 1. The van der Waals surface area contributed by atoms with Gasteiger partial charge in [0.05, 0.1) is 0 Å². The molecule has 2 N–H and O–H groups in total. The topological polar surface area (TPSA) is 26.0 Å². The van der Waals surface area contributed by atoms with Crippen molar-refractivity contribution in [1.29, 1.82) is 0 Å². The van der Waals surface area contributed by atoms with Crippen LogP contribution in [0.2, 0.25) is 5.02 Å². The fourth-order valence-corrected chi connectivity index (χ4v) is 4.41. The maximum Gasteiger partial charge on any atom is 0.0440 e. The van der Waals surface area contributed by atoms with E-state index < -0.39 is 0 Å². The molecule has 1 fully saturated rings. The molecule has 0 amide bonds. The smallest absolute Gasteiger partial charge is 0.0440 e. The van der Waals surface area contributed by atoms with E-state index in [1.807, 2.05) is 6.07 Å². The van der Waals surface area contributed by atoms with Gasteiger partial charge in [0.25, 0.3) is 0 Å². The molecule has 1 aromatic rings. The number of benzene rings is 1. The molecule has 0 spiro atoms. The Bertz CT molecular complexity index is 423. The second-order valence-corrected chi connectivity index (χ2v) is 6.32. The lowest BCUT2D eigenvalue weighted by molar-refractivity contribution is 0.285. The maximum absolute atomic E-state index is 6.37. The lowest BCUT2D eigenvalue weighted by Gasteiger charge is -2.37. The van der Waals surface area contributed by atoms with E-state index in [4.69, 9.17) is 17.3 Å². The maximum atomic E-state index is 6.37. The quantitative estimate of drug-likeness (QED) is 0.853. The third kappa shape index (κ3) is 2.08. The van der Waals surface area contributed by atoms with E-state index >= 15 is 0 Å². The molecule has 1 saturated carbocycles. The van der Waals surface area contributed by atoms with Crippen molar-refractivity contribution in [2.24, 2.45) is 17.6 Å². The first-order valence-corrected chi connectivity index (χ1v) is 7.66. The van der Waals surface area contributed by atoms with Gasteiger partial charge in [-0.15, -0.1) is 0 Å². The molecule has 1 aromatic carbocycles. The Hall–Kier alpha value is -0.530. The minimum Gasteiger partial charge on any atom is -0.330 e. The summed E-state index contributed by atoms with van der Waals surface area (Å²) in [6.07, 6.45) is 7.89. The molecule has 18 heavy (non-hydrogen) atoms. The number of fused-ring (bicyclic) bond motifs is 1. The molecule has 0 heterocycles. The van der Waals surface area contributed by atoms with Crippen molar-refractivity contribution in [3.63, 3.8) is 0 Å². The van der Waals surface area contributed by atoms with Gasteiger partial charge in [-0.3, -0.25) is 0 Å². The van der Waals surface area contributed by atoms with Crippen LogP contribution in [0.1, 0.15) is 49.1 Å². The van der Waals surface area contributed by atoms with Crippen LogP contribution in [0.5, 0.6) is 0 Å². The average Bonchev–Trinajstić information content (AvgIpc) is 2.91.